The second-order valence-electron chi connectivity index (χ2n) is 4.10. The molecule has 2 N–H and O–H groups in total. The van der Waals surface area contributed by atoms with E-state index in [2.05, 4.69) is 15.3 Å². The van der Waals surface area contributed by atoms with Crippen molar-refractivity contribution < 1.29 is 4.74 Å². The molecule has 1 aromatic heterocycles. The summed E-state index contributed by atoms with van der Waals surface area (Å²) in [5.41, 5.74) is 0. The normalized spacial score (nSPS) is 23.1. The van der Waals surface area contributed by atoms with Crippen LogP contribution in [0.25, 0.3) is 0 Å². The highest BCUT2D eigenvalue weighted by Gasteiger charge is 2.20. The monoisotopic (exact) mass is 209 g/mol. The van der Waals surface area contributed by atoms with Crippen molar-refractivity contribution in [2.75, 3.05) is 13.7 Å². The molecule has 84 valence electrons. The average molecular weight is 209 g/mol. The van der Waals surface area contributed by atoms with E-state index in [0.717, 1.165) is 25.3 Å². The number of likely N-dealkylation sites (N-methyl/N-ethyl adjacent to an activating group) is 1. The van der Waals surface area contributed by atoms with Gasteiger partial charge in [-0.25, -0.2) is 4.98 Å². The van der Waals surface area contributed by atoms with Gasteiger partial charge in [0.25, 0.3) is 0 Å². The number of aromatic nitrogens is 2. The summed E-state index contributed by atoms with van der Waals surface area (Å²) in [6.45, 7) is 0.932. The van der Waals surface area contributed by atoms with E-state index in [4.69, 9.17) is 4.74 Å². The number of rotatable bonds is 5. The summed E-state index contributed by atoms with van der Waals surface area (Å²) >= 11 is 0. The molecule has 2 heterocycles. The third-order valence-electron chi connectivity index (χ3n) is 2.97. The Morgan fingerprint density at radius 1 is 1.73 bits per heavy atom. The van der Waals surface area contributed by atoms with Crippen molar-refractivity contribution >= 4 is 0 Å². The summed E-state index contributed by atoms with van der Waals surface area (Å²) in [6, 6.07) is 0.458. The fraction of sp³-hybridized carbons (Fsp3) is 0.727. The second kappa shape index (κ2) is 5.28. The maximum Gasteiger partial charge on any atom is 0.107 e. The molecule has 2 rings (SSSR count). The fourth-order valence-corrected chi connectivity index (χ4v) is 2.09. The summed E-state index contributed by atoms with van der Waals surface area (Å²) in [4.78, 5) is 7.38. The quantitative estimate of drug-likeness (QED) is 0.763. The maximum atomic E-state index is 5.63. The van der Waals surface area contributed by atoms with Crippen LogP contribution < -0.4 is 5.32 Å². The lowest BCUT2D eigenvalue weighted by atomic mass is 10.0. The Hall–Kier alpha value is -0.870. The third kappa shape index (κ3) is 3.04. The van der Waals surface area contributed by atoms with Crippen molar-refractivity contribution in [1.82, 2.24) is 15.3 Å². The van der Waals surface area contributed by atoms with Crippen molar-refractivity contribution in [3.05, 3.63) is 18.2 Å². The van der Waals surface area contributed by atoms with Crippen LogP contribution in [0.3, 0.4) is 0 Å². The molecule has 1 fully saturated rings. The molecule has 0 amide bonds. The highest BCUT2D eigenvalue weighted by Crippen LogP contribution is 2.17. The number of nitrogens with zero attached hydrogens (tertiary/aromatic N) is 1. The Morgan fingerprint density at radius 3 is 3.27 bits per heavy atom. The molecule has 1 aliphatic rings. The Morgan fingerprint density at radius 2 is 2.67 bits per heavy atom. The van der Waals surface area contributed by atoms with Gasteiger partial charge in [0, 0.05) is 31.5 Å². The fourth-order valence-electron chi connectivity index (χ4n) is 2.09. The summed E-state index contributed by atoms with van der Waals surface area (Å²) in [6.07, 6.45) is 8.55. The van der Waals surface area contributed by atoms with Crippen LogP contribution in [0.1, 0.15) is 25.1 Å². The Balaban J connectivity index is 1.81. The van der Waals surface area contributed by atoms with E-state index in [9.17, 15) is 0 Å². The van der Waals surface area contributed by atoms with Crippen LogP contribution >= 0.6 is 0 Å². The SMILES string of the molecule is CNC(Cc1ncc[nH]1)CC1CCCO1. The summed E-state index contributed by atoms with van der Waals surface area (Å²) in [7, 11) is 2.00. The topological polar surface area (TPSA) is 49.9 Å². The standard InChI is InChI=1S/C11H19N3O/c1-12-9(7-10-3-2-6-15-10)8-11-13-4-5-14-11/h4-5,9-10,12H,2-3,6-8H2,1H3,(H,13,14). The molecule has 1 aliphatic heterocycles. The van der Waals surface area contributed by atoms with Gasteiger partial charge in [0.15, 0.2) is 0 Å². The van der Waals surface area contributed by atoms with Crippen molar-refractivity contribution in [2.45, 2.75) is 37.8 Å². The lowest BCUT2D eigenvalue weighted by Crippen LogP contribution is -2.32. The van der Waals surface area contributed by atoms with Gasteiger partial charge < -0.3 is 15.0 Å². The van der Waals surface area contributed by atoms with E-state index in [-0.39, 0.29) is 0 Å². The van der Waals surface area contributed by atoms with Crippen molar-refractivity contribution in [2.24, 2.45) is 0 Å². The number of hydrogen-bond acceptors (Lipinski definition) is 3. The highest BCUT2D eigenvalue weighted by molar-refractivity contribution is 4.91. The smallest absolute Gasteiger partial charge is 0.107 e. The molecule has 1 aromatic rings. The van der Waals surface area contributed by atoms with Crippen LogP contribution in [0.2, 0.25) is 0 Å². The van der Waals surface area contributed by atoms with Gasteiger partial charge in [0.2, 0.25) is 0 Å². The van der Waals surface area contributed by atoms with Crippen LogP contribution in [-0.4, -0.2) is 35.8 Å². The van der Waals surface area contributed by atoms with Crippen molar-refractivity contribution in [3.63, 3.8) is 0 Å². The van der Waals surface area contributed by atoms with Gasteiger partial charge in [0.05, 0.1) is 6.10 Å². The molecule has 1 saturated heterocycles. The van der Waals surface area contributed by atoms with Gasteiger partial charge >= 0.3 is 0 Å². The first-order valence-electron chi connectivity index (χ1n) is 5.65. The van der Waals surface area contributed by atoms with E-state index in [1.165, 1.54) is 12.8 Å². The van der Waals surface area contributed by atoms with E-state index in [1.807, 2.05) is 13.2 Å². The molecule has 0 radical (unpaired) electrons. The first kappa shape index (κ1) is 10.6. The van der Waals surface area contributed by atoms with Gasteiger partial charge in [-0.3, -0.25) is 0 Å². The molecular weight excluding hydrogens is 190 g/mol. The minimum Gasteiger partial charge on any atom is -0.378 e. The minimum atomic E-state index is 0.442. The van der Waals surface area contributed by atoms with Crippen LogP contribution in [0.15, 0.2) is 12.4 Å². The molecule has 4 heteroatoms. The maximum absolute atomic E-state index is 5.63. The van der Waals surface area contributed by atoms with Crippen LogP contribution in [0, 0.1) is 0 Å². The van der Waals surface area contributed by atoms with Crippen molar-refractivity contribution in [1.29, 1.82) is 0 Å². The molecule has 15 heavy (non-hydrogen) atoms. The first-order chi connectivity index (χ1) is 7.38. The summed E-state index contributed by atoms with van der Waals surface area (Å²) < 4.78 is 5.63. The molecule has 0 bridgehead atoms. The molecule has 0 aromatic carbocycles. The average Bonchev–Trinajstić information content (AvgIpc) is 2.89. The highest BCUT2D eigenvalue weighted by atomic mass is 16.5. The minimum absolute atomic E-state index is 0.442. The van der Waals surface area contributed by atoms with Gasteiger partial charge in [0.1, 0.15) is 5.82 Å². The van der Waals surface area contributed by atoms with Gasteiger partial charge in [-0.15, -0.1) is 0 Å². The molecule has 0 spiro atoms. The third-order valence-corrected chi connectivity index (χ3v) is 2.97. The molecular formula is C11H19N3O. The lowest BCUT2D eigenvalue weighted by molar-refractivity contribution is 0.0952. The van der Waals surface area contributed by atoms with Crippen LogP contribution in [0.5, 0.6) is 0 Å². The Labute approximate surface area is 90.4 Å². The van der Waals surface area contributed by atoms with Gasteiger partial charge in [-0.1, -0.05) is 0 Å². The lowest BCUT2D eigenvalue weighted by Gasteiger charge is -2.18. The number of aromatic amines is 1. The van der Waals surface area contributed by atoms with E-state index >= 15 is 0 Å². The predicted octanol–water partition coefficient (Wildman–Crippen LogP) is 1.11. The first-order valence-corrected chi connectivity index (χ1v) is 5.65. The number of nitrogens with one attached hydrogen (secondary N) is 2. The number of ether oxygens (including phenoxy) is 1. The van der Waals surface area contributed by atoms with Crippen LogP contribution in [-0.2, 0) is 11.2 Å². The molecule has 2 unspecified atom stereocenters. The van der Waals surface area contributed by atoms with E-state index in [0.29, 0.717) is 12.1 Å². The predicted molar refractivity (Wildman–Crippen MR) is 58.7 cm³/mol. The molecule has 4 nitrogen and oxygen atoms in total. The summed E-state index contributed by atoms with van der Waals surface area (Å²) in [5, 5.41) is 3.33. The van der Waals surface area contributed by atoms with Gasteiger partial charge in [-0.05, 0) is 26.3 Å². The van der Waals surface area contributed by atoms with E-state index in [1.54, 1.807) is 6.20 Å². The Kier molecular flexibility index (Phi) is 3.75. The zero-order valence-corrected chi connectivity index (χ0v) is 9.20. The Bertz CT molecular complexity index is 267. The van der Waals surface area contributed by atoms with Gasteiger partial charge in [-0.2, -0.15) is 0 Å². The second-order valence-corrected chi connectivity index (χ2v) is 4.10. The number of imidazole rings is 1. The number of H-pyrrole nitrogens is 1. The zero-order valence-electron chi connectivity index (χ0n) is 9.20. The summed E-state index contributed by atoms with van der Waals surface area (Å²) in [5.74, 6) is 1.05. The molecule has 0 saturated carbocycles. The zero-order chi connectivity index (χ0) is 10.5. The molecule has 2 atom stereocenters. The largest absolute Gasteiger partial charge is 0.378 e. The van der Waals surface area contributed by atoms with Crippen LogP contribution in [0.4, 0.5) is 0 Å². The molecule has 0 aliphatic carbocycles. The number of hydrogen-bond donors (Lipinski definition) is 2. The van der Waals surface area contributed by atoms with E-state index < -0.39 is 0 Å². The van der Waals surface area contributed by atoms with Crippen molar-refractivity contribution in [3.8, 4) is 0 Å².